The summed E-state index contributed by atoms with van der Waals surface area (Å²) < 4.78 is 24.9. The lowest BCUT2D eigenvalue weighted by Crippen LogP contribution is -2.62. The zero-order valence-electron chi connectivity index (χ0n) is 13.5. The van der Waals surface area contributed by atoms with Gasteiger partial charge in [0.2, 0.25) is 15.9 Å². The van der Waals surface area contributed by atoms with Crippen LogP contribution in [-0.4, -0.2) is 59.5 Å². The average molecular weight is 352 g/mol. The summed E-state index contributed by atoms with van der Waals surface area (Å²) in [5.74, 6) is -1.59. The standard InChI is InChI=1S/C16H20N2O5S/c1-10-3-5-11(6-4-10)14-15(16(20)21)17(24(2,22)23)9-13(19)18(14)12-7-8-12/h3-6,12,14-15H,7-9H2,1-2H3,(H,20,21). The first-order valence-corrected chi connectivity index (χ1v) is 9.62. The van der Waals surface area contributed by atoms with Gasteiger partial charge in [0.05, 0.1) is 18.8 Å². The van der Waals surface area contributed by atoms with Crippen molar-refractivity contribution in [1.82, 2.24) is 9.21 Å². The third-order valence-electron chi connectivity index (χ3n) is 4.53. The van der Waals surface area contributed by atoms with Crippen LogP contribution in [0, 0.1) is 6.92 Å². The van der Waals surface area contributed by atoms with Crippen molar-refractivity contribution in [2.75, 3.05) is 12.8 Å². The Bertz CT molecular complexity index is 770. The summed E-state index contributed by atoms with van der Waals surface area (Å²) in [6.07, 6.45) is 2.58. The summed E-state index contributed by atoms with van der Waals surface area (Å²) >= 11 is 0. The van der Waals surface area contributed by atoms with Gasteiger partial charge in [0.25, 0.3) is 0 Å². The summed E-state index contributed by atoms with van der Waals surface area (Å²) in [5.41, 5.74) is 1.65. The highest BCUT2D eigenvalue weighted by molar-refractivity contribution is 7.88. The van der Waals surface area contributed by atoms with Gasteiger partial charge in [-0.15, -0.1) is 0 Å². The monoisotopic (exact) mass is 352 g/mol. The smallest absolute Gasteiger partial charge is 0.324 e. The Balaban J connectivity index is 2.13. The predicted octanol–water partition coefficient (Wildman–Crippen LogP) is 0.756. The number of carboxylic acid groups (broad SMARTS) is 1. The van der Waals surface area contributed by atoms with E-state index in [0.717, 1.165) is 29.0 Å². The highest BCUT2D eigenvalue weighted by Gasteiger charge is 2.52. The Morgan fingerprint density at radius 1 is 1.21 bits per heavy atom. The molecule has 1 aliphatic carbocycles. The summed E-state index contributed by atoms with van der Waals surface area (Å²) in [5, 5.41) is 9.72. The van der Waals surface area contributed by atoms with Gasteiger partial charge < -0.3 is 10.0 Å². The number of hydrogen-bond acceptors (Lipinski definition) is 4. The van der Waals surface area contributed by atoms with Gasteiger partial charge in [0.1, 0.15) is 6.04 Å². The lowest BCUT2D eigenvalue weighted by atomic mass is 9.94. The van der Waals surface area contributed by atoms with E-state index in [1.54, 1.807) is 17.0 Å². The van der Waals surface area contributed by atoms with E-state index in [2.05, 4.69) is 0 Å². The Labute approximate surface area is 140 Å². The average Bonchev–Trinajstić information content (AvgIpc) is 3.30. The molecule has 0 spiro atoms. The molecular weight excluding hydrogens is 332 g/mol. The molecule has 1 saturated heterocycles. The molecule has 1 aliphatic heterocycles. The van der Waals surface area contributed by atoms with E-state index in [-0.39, 0.29) is 11.9 Å². The van der Waals surface area contributed by atoms with Gasteiger partial charge in [-0.2, -0.15) is 4.31 Å². The van der Waals surface area contributed by atoms with E-state index < -0.39 is 34.6 Å². The van der Waals surface area contributed by atoms with E-state index in [1.807, 2.05) is 19.1 Å². The topological polar surface area (TPSA) is 95.0 Å². The Hall–Kier alpha value is -1.93. The zero-order chi connectivity index (χ0) is 17.6. The van der Waals surface area contributed by atoms with Crippen LogP contribution in [0.3, 0.4) is 0 Å². The first-order chi connectivity index (χ1) is 11.2. The number of nitrogens with zero attached hydrogens (tertiary/aromatic N) is 2. The molecule has 1 saturated carbocycles. The summed E-state index contributed by atoms with van der Waals surface area (Å²) in [4.78, 5) is 26.1. The molecule has 2 unspecified atom stereocenters. The first-order valence-electron chi connectivity index (χ1n) is 7.77. The first kappa shape index (κ1) is 16.9. The minimum atomic E-state index is -3.83. The molecule has 7 nitrogen and oxygen atoms in total. The molecule has 1 heterocycles. The molecule has 0 radical (unpaired) electrons. The second kappa shape index (κ2) is 5.86. The molecule has 0 aromatic heterocycles. The second-order valence-electron chi connectivity index (χ2n) is 6.48. The fraction of sp³-hybridized carbons (Fsp3) is 0.500. The van der Waals surface area contributed by atoms with Crippen LogP contribution < -0.4 is 0 Å². The molecule has 2 fully saturated rings. The van der Waals surface area contributed by atoms with Crippen molar-refractivity contribution in [1.29, 1.82) is 0 Å². The van der Waals surface area contributed by atoms with Crippen molar-refractivity contribution >= 4 is 21.9 Å². The van der Waals surface area contributed by atoms with E-state index in [0.29, 0.717) is 5.56 Å². The van der Waals surface area contributed by atoms with Crippen LogP contribution in [0.2, 0.25) is 0 Å². The van der Waals surface area contributed by atoms with Crippen LogP contribution in [0.15, 0.2) is 24.3 Å². The quantitative estimate of drug-likeness (QED) is 0.863. The minimum Gasteiger partial charge on any atom is -0.480 e. The SMILES string of the molecule is Cc1ccc(C2C(C(=O)O)N(S(C)(=O)=O)CC(=O)N2C2CC2)cc1. The maximum absolute atomic E-state index is 12.6. The Kier molecular flexibility index (Phi) is 4.13. The number of aryl methyl sites for hydroxylation is 1. The highest BCUT2D eigenvalue weighted by atomic mass is 32.2. The number of rotatable bonds is 4. The molecule has 2 atom stereocenters. The lowest BCUT2D eigenvalue weighted by Gasteiger charge is -2.44. The van der Waals surface area contributed by atoms with E-state index in [1.165, 1.54) is 0 Å². The number of amides is 1. The molecule has 24 heavy (non-hydrogen) atoms. The van der Waals surface area contributed by atoms with E-state index in [4.69, 9.17) is 0 Å². The fourth-order valence-electron chi connectivity index (χ4n) is 3.25. The van der Waals surface area contributed by atoms with Gasteiger partial charge in [-0.3, -0.25) is 9.59 Å². The van der Waals surface area contributed by atoms with Crippen LogP contribution in [0.5, 0.6) is 0 Å². The highest BCUT2D eigenvalue weighted by Crippen LogP contribution is 2.41. The second-order valence-corrected chi connectivity index (χ2v) is 8.41. The fourth-order valence-corrected chi connectivity index (χ4v) is 4.21. The van der Waals surface area contributed by atoms with Gasteiger partial charge in [0.15, 0.2) is 0 Å². The van der Waals surface area contributed by atoms with Gasteiger partial charge in [-0.25, -0.2) is 8.42 Å². The maximum atomic E-state index is 12.6. The molecule has 130 valence electrons. The molecule has 2 aliphatic rings. The van der Waals surface area contributed by atoms with Crippen molar-refractivity contribution in [2.24, 2.45) is 0 Å². The number of carbonyl (C=O) groups excluding carboxylic acids is 1. The van der Waals surface area contributed by atoms with Crippen molar-refractivity contribution < 1.29 is 23.1 Å². The van der Waals surface area contributed by atoms with E-state index >= 15 is 0 Å². The van der Waals surface area contributed by atoms with Gasteiger partial charge in [0, 0.05) is 6.04 Å². The summed E-state index contributed by atoms with van der Waals surface area (Å²) in [6, 6.07) is 5.07. The number of carbonyl (C=O) groups is 2. The third kappa shape index (κ3) is 3.03. The Morgan fingerprint density at radius 3 is 2.25 bits per heavy atom. The van der Waals surface area contributed by atoms with Gasteiger partial charge in [-0.1, -0.05) is 29.8 Å². The van der Waals surface area contributed by atoms with Gasteiger partial charge in [-0.05, 0) is 25.3 Å². The van der Waals surface area contributed by atoms with Crippen molar-refractivity contribution in [3.63, 3.8) is 0 Å². The number of piperazine rings is 1. The Morgan fingerprint density at radius 2 is 1.79 bits per heavy atom. The van der Waals surface area contributed by atoms with Gasteiger partial charge >= 0.3 is 5.97 Å². The van der Waals surface area contributed by atoms with Crippen LogP contribution in [0.4, 0.5) is 0 Å². The normalized spacial score (nSPS) is 25.8. The minimum absolute atomic E-state index is 0.00707. The molecule has 0 bridgehead atoms. The predicted molar refractivity (Wildman–Crippen MR) is 86.8 cm³/mol. The molecule has 3 rings (SSSR count). The largest absolute Gasteiger partial charge is 0.480 e. The lowest BCUT2D eigenvalue weighted by molar-refractivity contribution is -0.153. The molecular formula is C16H20N2O5S. The molecule has 8 heteroatoms. The molecule has 1 amide bonds. The number of sulfonamides is 1. The van der Waals surface area contributed by atoms with Crippen LogP contribution in [0.25, 0.3) is 0 Å². The number of carboxylic acids is 1. The zero-order valence-corrected chi connectivity index (χ0v) is 14.4. The molecule has 1 aromatic rings. The number of hydrogen-bond donors (Lipinski definition) is 1. The molecule has 1 N–H and O–H groups in total. The number of aliphatic carboxylic acids is 1. The van der Waals surface area contributed by atoms with Crippen molar-refractivity contribution in [3.05, 3.63) is 35.4 Å². The number of benzene rings is 1. The van der Waals surface area contributed by atoms with Crippen LogP contribution in [0.1, 0.15) is 30.0 Å². The van der Waals surface area contributed by atoms with E-state index in [9.17, 15) is 23.1 Å². The van der Waals surface area contributed by atoms with Crippen molar-refractivity contribution in [3.8, 4) is 0 Å². The van der Waals surface area contributed by atoms with Crippen LogP contribution >= 0.6 is 0 Å². The maximum Gasteiger partial charge on any atom is 0.324 e. The van der Waals surface area contributed by atoms with Crippen molar-refractivity contribution in [2.45, 2.75) is 37.9 Å². The molecule has 1 aromatic carbocycles. The summed E-state index contributed by atoms with van der Waals surface area (Å²) in [7, 11) is -3.83. The summed E-state index contributed by atoms with van der Waals surface area (Å²) in [6.45, 7) is 1.49. The third-order valence-corrected chi connectivity index (χ3v) is 5.73. The van der Waals surface area contributed by atoms with Crippen LogP contribution in [-0.2, 0) is 19.6 Å².